The van der Waals surface area contributed by atoms with Crippen molar-refractivity contribution in [3.63, 3.8) is 0 Å². The normalized spacial score (nSPS) is 11.0. The van der Waals surface area contributed by atoms with Crippen molar-refractivity contribution in [1.29, 1.82) is 0 Å². The molecule has 15 heavy (non-hydrogen) atoms. The number of fused-ring (bicyclic) bond motifs is 1. The molecule has 2 rings (SSSR count). The van der Waals surface area contributed by atoms with Gasteiger partial charge in [0.2, 0.25) is 0 Å². The Kier molecular flexibility index (Phi) is 3.23. The highest BCUT2D eigenvalue weighted by atomic mass is 32.1. The molecule has 0 aliphatic carbocycles. The van der Waals surface area contributed by atoms with Crippen molar-refractivity contribution in [2.75, 3.05) is 13.6 Å². The molecule has 1 aromatic heterocycles. The van der Waals surface area contributed by atoms with Crippen molar-refractivity contribution in [2.45, 2.75) is 12.8 Å². The van der Waals surface area contributed by atoms with Crippen molar-refractivity contribution in [2.24, 2.45) is 0 Å². The Balaban J connectivity index is 2.27. The molecule has 0 aliphatic heterocycles. The van der Waals surface area contributed by atoms with E-state index >= 15 is 0 Å². The Hall–Kier alpha value is -1.06. The van der Waals surface area contributed by atoms with E-state index in [1.807, 2.05) is 13.1 Å². The van der Waals surface area contributed by atoms with Gasteiger partial charge in [0.1, 0.15) is 5.75 Å². The molecule has 0 saturated carbocycles. The molecule has 0 fully saturated rings. The Morgan fingerprint density at radius 2 is 2.27 bits per heavy atom. The van der Waals surface area contributed by atoms with Gasteiger partial charge in [0.25, 0.3) is 0 Å². The van der Waals surface area contributed by atoms with Gasteiger partial charge in [0.15, 0.2) is 0 Å². The summed E-state index contributed by atoms with van der Waals surface area (Å²) in [6, 6.07) is 5.71. The number of rotatable bonds is 4. The lowest BCUT2D eigenvalue weighted by Crippen LogP contribution is -2.08. The number of phenols is 1. The molecule has 2 aromatic rings. The largest absolute Gasteiger partial charge is 0.507 e. The molecule has 0 amide bonds. The molecule has 0 aliphatic rings. The molecular weight excluding hydrogens is 206 g/mol. The third-order valence-electron chi connectivity index (χ3n) is 2.53. The zero-order chi connectivity index (χ0) is 10.7. The lowest BCUT2D eigenvalue weighted by molar-refractivity contribution is 0.481. The summed E-state index contributed by atoms with van der Waals surface area (Å²) in [6.45, 7) is 1.02. The van der Waals surface area contributed by atoms with E-state index in [1.165, 1.54) is 10.3 Å². The van der Waals surface area contributed by atoms with Crippen LogP contribution in [0.3, 0.4) is 0 Å². The van der Waals surface area contributed by atoms with E-state index in [0.717, 1.165) is 24.8 Å². The Bertz CT molecular complexity index is 450. The maximum absolute atomic E-state index is 9.79. The van der Waals surface area contributed by atoms with E-state index in [0.29, 0.717) is 5.75 Å². The van der Waals surface area contributed by atoms with Crippen LogP contribution in [0.25, 0.3) is 10.1 Å². The van der Waals surface area contributed by atoms with E-state index in [1.54, 1.807) is 17.4 Å². The SMILES string of the molecule is CNCCCc1csc2cccc(O)c12. The van der Waals surface area contributed by atoms with Crippen molar-refractivity contribution in [1.82, 2.24) is 5.32 Å². The zero-order valence-corrected chi connectivity index (χ0v) is 9.60. The van der Waals surface area contributed by atoms with E-state index in [4.69, 9.17) is 0 Å². The molecule has 0 spiro atoms. The van der Waals surface area contributed by atoms with Crippen molar-refractivity contribution < 1.29 is 5.11 Å². The predicted octanol–water partition coefficient (Wildman–Crippen LogP) is 2.76. The number of thiophene rings is 1. The van der Waals surface area contributed by atoms with Crippen LogP contribution >= 0.6 is 11.3 Å². The second kappa shape index (κ2) is 4.64. The van der Waals surface area contributed by atoms with Gasteiger partial charge in [0, 0.05) is 10.1 Å². The van der Waals surface area contributed by atoms with Crippen LogP contribution in [0.5, 0.6) is 5.75 Å². The van der Waals surface area contributed by atoms with Gasteiger partial charge in [-0.3, -0.25) is 0 Å². The molecule has 80 valence electrons. The fourth-order valence-electron chi connectivity index (χ4n) is 1.77. The number of hydrogen-bond acceptors (Lipinski definition) is 3. The summed E-state index contributed by atoms with van der Waals surface area (Å²) in [4.78, 5) is 0. The van der Waals surface area contributed by atoms with E-state index in [-0.39, 0.29) is 0 Å². The van der Waals surface area contributed by atoms with Crippen molar-refractivity contribution in [3.05, 3.63) is 29.1 Å². The van der Waals surface area contributed by atoms with E-state index < -0.39 is 0 Å². The Morgan fingerprint density at radius 1 is 1.40 bits per heavy atom. The van der Waals surface area contributed by atoms with Gasteiger partial charge in [-0.1, -0.05) is 6.07 Å². The molecule has 0 bridgehead atoms. The van der Waals surface area contributed by atoms with Crippen LogP contribution in [-0.4, -0.2) is 18.7 Å². The van der Waals surface area contributed by atoms with Gasteiger partial charge >= 0.3 is 0 Å². The highest BCUT2D eigenvalue weighted by Gasteiger charge is 2.07. The van der Waals surface area contributed by atoms with Crippen LogP contribution in [0.2, 0.25) is 0 Å². The minimum absolute atomic E-state index is 0.410. The van der Waals surface area contributed by atoms with Crippen LogP contribution in [0.4, 0.5) is 0 Å². The van der Waals surface area contributed by atoms with Gasteiger partial charge in [-0.25, -0.2) is 0 Å². The second-order valence-electron chi connectivity index (χ2n) is 3.62. The minimum atomic E-state index is 0.410. The molecule has 0 atom stereocenters. The molecule has 1 heterocycles. The van der Waals surface area contributed by atoms with Gasteiger partial charge < -0.3 is 10.4 Å². The first-order chi connectivity index (χ1) is 7.33. The van der Waals surface area contributed by atoms with Crippen LogP contribution in [-0.2, 0) is 6.42 Å². The quantitative estimate of drug-likeness (QED) is 0.778. The fourth-order valence-corrected chi connectivity index (χ4v) is 2.79. The summed E-state index contributed by atoms with van der Waals surface area (Å²) < 4.78 is 1.18. The molecular formula is C12H15NOS. The number of benzene rings is 1. The maximum atomic E-state index is 9.79. The molecule has 0 radical (unpaired) electrons. The Morgan fingerprint density at radius 3 is 3.07 bits per heavy atom. The highest BCUT2D eigenvalue weighted by Crippen LogP contribution is 2.33. The third-order valence-corrected chi connectivity index (χ3v) is 3.52. The minimum Gasteiger partial charge on any atom is -0.507 e. The van der Waals surface area contributed by atoms with Crippen LogP contribution in [0.1, 0.15) is 12.0 Å². The van der Waals surface area contributed by atoms with E-state index in [9.17, 15) is 5.11 Å². The first-order valence-electron chi connectivity index (χ1n) is 5.15. The molecule has 0 saturated heterocycles. The predicted molar refractivity (Wildman–Crippen MR) is 65.7 cm³/mol. The highest BCUT2D eigenvalue weighted by molar-refractivity contribution is 7.17. The summed E-state index contributed by atoms with van der Waals surface area (Å²) in [5, 5.41) is 16.1. The van der Waals surface area contributed by atoms with Gasteiger partial charge in [-0.15, -0.1) is 11.3 Å². The second-order valence-corrected chi connectivity index (χ2v) is 4.53. The number of phenolic OH excluding ortho intramolecular Hbond substituents is 1. The van der Waals surface area contributed by atoms with Crippen molar-refractivity contribution in [3.8, 4) is 5.75 Å². The average Bonchev–Trinajstić information content (AvgIpc) is 2.63. The first kappa shape index (κ1) is 10.5. The summed E-state index contributed by atoms with van der Waals surface area (Å²) >= 11 is 1.71. The average molecular weight is 221 g/mol. The summed E-state index contributed by atoms with van der Waals surface area (Å²) in [6.07, 6.45) is 2.13. The van der Waals surface area contributed by atoms with E-state index in [2.05, 4.69) is 16.8 Å². The third kappa shape index (κ3) is 2.13. The molecule has 3 heteroatoms. The number of nitrogens with one attached hydrogen (secondary N) is 1. The molecule has 0 unspecified atom stereocenters. The van der Waals surface area contributed by atoms with Gasteiger partial charge in [-0.2, -0.15) is 0 Å². The first-order valence-corrected chi connectivity index (χ1v) is 6.03. The maximum Gasteiger partial charge on any atom is 0.124 e. The standard InChI is InChI=1S/C12H15NOS/c1-13-7-3-4-9-8-15-11-6-2-5-10(14)12(9)11/h2,5-6,8,13-14H,3-4,7H2,1H3. The molecule has 2 nitrogen and oxygen atoms in total. The smallest absolute Gasteiger partial charge is 0.124 e. The van der Waals surface area contributed by atoms with Crippen LogP contribution in [0.15, 0.2) is 23.6 Å². The monoisotopic (exact) mass is 221 g/mol. The number of hydrogen-bond donors (Lipinski definition) is 2. The topological polar surface area (TPSA) is 32.3 Å². The summed E-state index contributed by atoms with van der Waals surface area (Å²) in [5.74, 6) is 0.410. The van der Waals surface area contributed by atoms with Crippen LogP contribution in [0, 0.1) is 0 Å². The zero-order valence-electron chi connectivity index (χ0n) is 8.79. The molecule has 1 aromatic carbocycles. The number of aryl methyl sites for hydroxylation is 1. The number of aromatic hydroxyl groups is 1. The van der Waals surface area contributed by atoms with Gasteiger partial charge in [0.05, 0.1) is 0 Å². The van der Waals surface area contributed by atoms with Crippen molar-refractivity contribution >= 4 is 21.4 Å². The summed E-state index contributed by atoms with van der Waals surface area (Å²) in [7, 11) is 1.96. The van der Waals surface area contributed by atoms with Crippen LogP contribution < -0.4 is 5.32 Å². The lowest BCUT2D eigenvalue weighted by atomic mass is 10.1. The van der Waals surface area contributed by atoms with Gasteiger partial charge in [-0.05, 0) is 49.5 Å². The Labute approximate surface area is 93.6 Å². The molecule has 2 N–H and O–H groups in total. The fraction of sp³-hybridized carbons (Fsp3) is 0.333. The summed E-state index contributed by atoms with van der Waals surface area (Å²) in [5.41, 5.74) is 1.27. The lowest BCUT2D eigenvalue weighted by Gasteiger charge is -2.01.